The topological polar surface area (TPSA) is 111 Å². The van der Waals surface area contributed by atoms with Crippen LogP contribution in [0.25, 0.3) is 0 Å². The minimum Gasteiger partial charge on any atom is -0.394 e. The van der Waals surface area contributed by atoms with Gasteiger partial charge in [-0.1, -0.05) is 20.8 Å². The number of aliphatic hydroxyl groups excluding tert-OH is 3. The Morgan fingerprint density at radius 2 is 1.77 bits per heavy atom. The Labute approximate surface area is 154 Å². The van der Waals surface area contributed by atoms with Gasteiger partial charge in [0.2, 0.25) is 11.6 Å². The fourth-order valence-electron chi connectivity index (χ4n) is 3.61. The van der Waals surface area contributed by atoms with Gasteiger partial charge in [0.1, 0.15) is 30.1 Å². The molecule has 1 fully saturated rings. The Morgan fingerprint density at radius 3 is 2.31 bits per heavy atom. The molecule has 0 aromatic heterocycles. The molecular formula is C18H30N2O6. The quantitative estimate of drug-likeness (QED) is 0.496. The van der Waals surface area contributed by atoms with Gasteiger partial charge in [0.15, 0.2) is 6.23 Å². The van der Waals surface area contributed by atoms with Gasteiger partial charge in [-0.2, -0.15) is 0 Å². The van der Waals surface area contributed by atoms with Crippen molar-refractivity contribution in [3.63, 3.8) is 0 Å². The van der Waals surface area contributed by atoms with E-state index in [0.717, 1.165) is 6.42 Å². The predicted octanol–water partition coefficient (Wildman–Crippen LogP) is -0.379. The molecule has 5 atom stereocenters. The van der Waals surface area contributed by atoms with Gasteiger partial charge in [0.25, 0.3) is 0 Å². The molecule has 0 aromatic rings. The number of fused-ring (bicyclic) bond motifs is 1. The molecule has 0 spiro atoms. The van der Waals surface area contributed by atoms with Crippen molar-refractivity contribution in [3.05, 3.63) is 11.9 Å². The molecule has 26 heavy (non-hydrogen) atoms. The third-order valence-corrected chi connectivity index (χ3v) is 4.90. The van der Waals surface area contributed by atoms with Crippen LogP contribution in [0.1, 0.15) is 40.0 Å². The van der Waals surface area contributed by atoms with Crippen molar-refractivity contribution in [2.45, 2.75) is 70.6 Å². The van der Waals surface area contributed by atoms with Crippen molar-refractivity contribution in [1.82, 2.24) is 9.80 Å². The van der Waals surface area contributed by atoms with E-state index in [1.54, 1.807) is 22.9 Å². The first kappa shape index (κ1) is 20.8. The number of rotatable bonds is 8. The number of Topliss-reactive ketones (excluding diaryl/α,β-unsaturated/α-hetero) is 2. The first-order valence-electron chi connectivity index (χ1n) is 9.35. The van der Waals surface area contributed by atoms with E-state index in [4.69, 9.17) is 4.74 Å². The Kier molecular flexibility index (Phi) is 7.16. The summed E-state index contributed by atoms with van der Waals surface area (Å²) >= 11 is 0. The van der Waals surface area contributed by atoms with Crippen LogP contribution in [-0.4, -0.2) is 87.0 Å². The molecule has 8 heteroatoms. The largest absolute Gasteiger partial charge is 0.394 e. The second-order valence-electron chi connectivity index (χ2n) is 6.77. The highest BCUT2D eigenvalue weighted by molar-refractivity contribution is 6.43. The average Bonchev–Trinajstić information content (AvgIpc) is 2.64. The lowest BCUT2D eigenvalue weighted by Crippen LogP contribution is -2.69. The van der Waals surface area contributed by atoms with Gasteiger partial charge in [0, 0.05) is 25.7 Å². The van der Waals surface area contributed by atoms with Crippen molar-refractivity contribution in [2.75, 3.05) is 19.7 Å². The monoisotopic (exact) mass is 370 g/mol. The Hall–Kier alpha value is -1.48. The van der Waals surface area contributed by atoms with Gasteiger partial charge in [-0.25, -0.2) is 0 Å². The third kappa shape index (κ3) is 3.78. The second-order valence-corrected chi connectivity index (χ2v) is 6.77. The van der Waals surface area contributed by atoms with Crippen LogP contribution in [0.3, 0.4) is 0 Å². The highest BCUT2D eigenvalue weighted by Gasteiger charge is 2.51. The van der Waals surface area contributed by atoms with E-state index in [2.05, 4.69) is 0 Å². The zero-order valence-electron chi connectivity index (χ0n) is 15.7. The van der Waals surface area contributed by atoms with Crippen LogP contribution in [0.5, 0.6) is 0 Å². The fourth-order valence-corrected chi connectivity index (χ4v) is 3.61. The summed E-state index contributed by atoms with van der Waals surface area (Å²) in [5, 5.41) is 30.5. The minimum absolute atomic E-state index is 0.103. The molecular weight excluding hydrogens is 340 g/mol. The lowest BCUT2D eigenvalue weighted by atomic mass is 9.91. The van der Waals surface area contributed by atoms with E-state index in [0.29, 0.717) is 19.5 Å². The van der Waals surface area contributed by atoms with E-state index in [-0.39, 0.29) is 12.1 Å². The van der Waals surface area contributed by atoms with Crippen molar-refractivity contribution in [3.8, 4) is 0 Å². The van der Waals surface area contributed by atoms with Gasteiger partial charge in [0.05, 0.1) is 6.61 Å². The first-order valence-corrected chi connectivity index (χ1v) is 9.35. The molecule has 8 nitrogen and oxygen atoms in total. The highest BCUT2D eigenvalue weighted by atomic mass is 16.5. The molecule has 0 radical (unpaired) electrons. The van der Waals surface area contributed by atoms with E-state index in [1.165, 1.54) is 0 Å². The van der Waals surface area contributed by atoms with Crippen LogP contribution < -0.4 is 0 Å². The number of allylic oxidation sites excluding steroid dienone is 1. The van der Waals surface area contributed by atoms with Crippen LogP contribution in [0, 0.1) is 0 Å². The molecule has 0 saturated carbocycles. The van der Waals surface area contributed by atoms with Crippen LogP contribution >= 0.6 is 0 Å². The molecule has 2 aliphatic rings. The number of carbonyl (C=O) groups excluding carboxylic acids is 2. The minimum atomic E-state index is -1.28. The van der Waals surface area contributed by atoms with Crippen molar-refractivity contribution >= 4 is 11.6 Å². The van der Waals surface area contributed by atoms with Crippen LogP contribution in [-0.2, 0) is 14.3 Å². The number of hydrogen-bond donors (Lipinski definition) is 3. The Bertz CT molecular complexity index is 552. The normalized spacial score (nSPS) is 31.5. The maximum Gasteiger partial charge on any atom is 0.246 e. The molecule has 0 unspecified atom stereocenters. The molecule has 2 rings (SSSR count). The molecule has 2 heterocycles. The zero-order chi connectivity index (χ0) is 19.4. The molecule has 0 amide bonds. The summed E-state index contributed by atoms with van der Waals surface area (Å²) in [6.07, 6.45) is -0.842. The van der Waals surface area contributed by atoms with Gasteiger partial charge >= 0.3 is 0 Å². The number of carbonyl (C=O) groups is 2. The molecule has 2 aliphatic heterocycles. The fraction of sp³-hybridized carbons (Fsp3) is 0.778. The Balaban J connectivity index is 2.49. The van der Waals surface area contributed by atoms with Crippen molar-refractivity contribution < 1.29 is 29.6 Å². The number of aliphatic hydroxyl groups is 3. The summed E-state index contributed by atoms with van der Waals surface area (Å²) in [7, 11) is 0. The number of nitrogens with zero attached hydrogens (tertiary/aromatic N) is 2. The summed E-state index contributed by atoms with van der Waals surface area (Å²) in [6, 6.07) is -0.701. The summed E-state index contributed by atoms with van der Waals surface area (Å²) in [6.45, 7) is 6.11. The molecule has 1 saturated heterocycles. The zero-order valence-corrected chi connectivity index (χ0v) is 15.7. The summed E-state index contributed by atoms with van der Waals surface area (Å²) in [4.78, 5) is 28.1. The number of hydrogen-bond acceptors (Lipinski definition) is 8. The SMILES string of the molecule is CCCN1C=C(C(=O)C(=O)CC)N(CCC)[C@@H]2[C@@H](O)[C@H](O)[C@@H](CO)O[C@@H]21. The van der Waals surface area contributed by atoms with Crippen molar-refractivity contribution in [2.24, 2.45) is 0 Å². The van der Waals surface area contributed by atoms with E-state index in [1.807, 2.05) is 13.8 Å². The third-order valence-electron chi connectivity index (χ3n) is 4.90. The van der Waals surface area contributed by atoms with Crippen LogP contribution in [0.15, 0.2) is 11.9 Å². The van der Waals surface area contributed by atoms with E-state index in [9.17, 15) is 24.9 Å². The van der Waals surface area contributed by atoms with Gasteiger partial charge < -0.3 is 29.9 Å². The Morgan fingerprint density at radius 1 is 1.12 bits per heavy atom. The van der Waals surface area contributed by atoms with Crippen LogP contribution in [0.4, 0.5) is 0 Å². The molecule has 3 N–H and O–H groups in total. The predicted molar refractivity (Wildman–Crippen MR) is 93.9 cm³/mol. The maximum atomic E-state index is 12.6. The second kappa shape index (κ2) is 8.94. The summed E-state index contributed by atoms with van der Waals surface area (Å²) in [5.74, 6) is -1.08. The summed E-state index contributed by atoms with van der Waals surface area (Å²) in [5.41, 5.74) is 0.227. The standard InChI is InChI=1S/C18H30N2O6/c1-4-7-19-9-11(15(23)12(22)6-3)20(8-5-2)14-17(25)16(24)13(10-21)26-18(14)19/h9,13-14,16-18,21,24-25H,4-8,10H2,1-3H3/t13-,14-,16-,17-,18+/m1/s1. The smallest absolute Gasteiger partial charge is 0.246 e. The number of ketones is 2. The number of ether oxygens (including phenoxy) is 1. The molecule has 0 aliphatic carbocycles. The van der Waals surface area contributed by atoms with Crippen LogP contribution in [0.2, 0.25) is 0 Å². The lowest BCUT2D eigenvalue weighted by Gasteiger charge is -2.54. The highest BCUT2D eigenvalue weighted by Crippen LogP contribution is 2.34. The molecule has 148 valence electrons. The lowest BCUT2D eigenvalue weighted by molar-refractivity contribution is -0.246. The van der Waals surface area contributed by atoms with E-state index < -0.39 is 48.8 Å². The first-order chi connectivity index (χ1) is 12.4. The maximum absolute atomic E-state index is 12.6. The van der Waals surface area contributed by atoms with Gasteiger partial charge in [-0.05, 0) is 12.8 Å². The molecule has 0 bridgehead atoms. The van der Waals surface area contributed by atoms with E-state index >= 15 is 0 Å². The average molecular weight is 370 g/mol. The molecule has 0 aromatic carbocycles. The van der Waals surface area contributed by atoms with Crippen molar-refractivity contribution in [1.29, 1.82) is 0 Å². The van der Waals surface area contributed by atoms with Gasteiger partial charge in [-0.3, -0.25) is 9.59 Å². The van der Waals surface area contributed by atoms with Gasteiger partial charge in [-0.15, -0.1) is 0 Å². The summed E-state index contributed by atoms with van der Waals surface area (Å²) < 4.78 is 5.86.